The molecule has 0 N–H and O–H groups in total. The Balaban J connectivity index is 1.71. The van der Waals surface area contributed by atoms with Crippen LogP contribution in [-0.2, 0) is 0 Å². The lowest BCUT2D eigenvalue weighted by atomic mass is 10.1. The fourth-order valence-corrected chi connectivity index (χ4v) is 3.63. The Kier molecular flexibility index (Phi) is 8.03. The first-order valence-corrected chi connectivity index (χ1v) is 11.2. The highest BCUT2D eigenvalue weighted by Gasteiger charge is 2.18. The summed E-state index contributed by atoms with van der Waals surface area (Å²) in [5.74, 6) is 0.759. The van der Waals surface area contributed by atoms with Gasteiger partial charge in [-0.15, -0.1) is 0 Å². The third kappa shape index (κ3) is 5.28. The molecule has 0 aliphatic carbocycles. The van der Waals surface area contributed by atoms with Crippen LogP contribution >= 0.6 is 0 Å². The number of nitrogens with zero attached hydrogens (tertiary/aromatic N) is 3. The van der Waals surface area contributed by atoms with E-state index in [4.69, 9.17) is 4.74 Å². The molecule has 160 valence electrons. The van der Waals surface area contributed by atoms with E-state index >= 15 is 0 Å². The van der Waals surface area contributed by atoms with Crippen LogP contribution in [0.25, 0.3) is 5.65 Å². The van der Waals surface area contributed by atoms with Crippen LogP contribution in [0.5, 0.6) is 5.75 Å². The van der Waals surface area contributed by atoms with Gasteiger partial charge in [0.05, 0.1) is 6.20 Å². The highest BCUT2D eigenvalue weighted by atomic mass is 16.5. The van der Waals surface area contributed by atoms with Crippen LogP contribution < -0.4 is 4.74 Å². The second-order valence-corrected chi connectivity index (χ2v) is 7.65. The van der Waals surface area contributed by atoms with Gasteiger partial charge >= 0.3 is 0 Å². The smallest absolute Gasteiger partial charge is 0.211 e. The van der Waals surface area contributed by atoms with E-state index in [1.54, 1.807) is 6.20 Å². The predicted octanol–water partition coefficient (Wildman–Crippen LogP) is 5.58. The van der Waals surface area contributed by atoms with Crippen LogP contribution in [0.15, 0.2) is 54.9 Å². The van der Waals surface area contributed by atoms with Crippen LogP contribution in [-0.4, -0.2) is 39.4 Å². The molecule has 2 heterocycles. The molecule has 0 amide bonds. The van der Waals surface area contributed by atoms with Crippen LogP contribution in [0.3, 0.4) is 0 Å². The maximum Gasteiger partial charge on any atom is 0.211 e. The summed E-state index contributed by atoms with van der Waals surface area (Å²) in [6.45, 7) is 8.72. The van der Waals surface area contributed by atoms with Gasteiger partial charge < -0.3 is 4.74 Å². The molecule has 2 aromatic heterocycles. The number of unbranched alkanes of at least 4 members (excludes halogenated alkanes) is 2. The second-order valence-electron chi connectivity index (χ2n) is 7.65. The van der Waals surface area contributed by atoms with E-state index in [0.29, 0.717) is 11.3 Å². The largest absolute Gasteiger partial charge is 0.475 e. The number of benzene rings is 1. The lowest BCUT2D eigenvalue weighted by Crippen LogP contribution is -2.40. The molecule has 5 heteroatoms. The summed E-state index contributed by atoms with van der Waals surface area (Å²) >= 11 is 0. The van der Waals surface area contributed by atoms with E-state index in [1.807, 2.05) is 53.1 Å². The number of ketones is 1. The van der Waals surface area contributed by atoms with Crippen LogP contribution in [0.1, 0.15) is 68.9 Å². The molecule has 1 unspecified atom stereocenters. The molecule has 0 fully saturated rings. The minimum atomic E-state index is -0.0418. The van der Waals surface area contributed by atoms with Crippen LogP contribution in [0.2, 0.25) is 0 Å². The SMILES string of the molecule is CCCCN(CCCC)C(CC)Oc1ccc(C(=O)c2cnc3ccccn23)cc1. The van der Waals surface area contributed by atoms with Gasteiger partial charge in [-0.3, -0.25) is 14.1 Å². The van der Waals surface area contributed by atoms with Gasteiger partial charge in [0.2, 0.25) is 5.78 Å². The number of rotatable bonds is 12. The molecule has 0 spiro atoms. The molecule has 1 atom stereocenters. The van der Waals surface area contributed by atoms with Gasteiger partial charge in [-0.2, -0.15) is 0 Å². The number of carbonyl (C=O) groups is 1. The van der Waals surface area contributed by atoms with Crippen molar-refractivity contribution in [3.8, 4) is 5.75 Å². The average Bonchev–Trinajstić information content (AvgIpc) is 3.22. The van der Waals surface area contributed by atoms with Crippen molar-refractivity contribution in [1.82, 2.24) is 14.3 Å². The average molecular weight is 408 g/mol. The molecule has 0 aliphatic heterocycles. The van der Waals surface area contributed by atoms with Gasteiger partial charge in [0, 0.05) is 24.8 Å². The van der Waals surface area contributed by atoms with Crippen LogP contribution in [0.4, 0.5) is 0 Å². The highest BCUT2D eigenvalue weighted by molar-refractivity contribution is 6.08. The molecule has 0 radical (unpaired) electrons. The zero-order valence-electron chi connectivity index (χ0n) is 18.4. The highest BCUT2D eigenvalue weighted by Crippen LogP contribution is 2.20. The second kappa shape index (κ2) is 10.9. The zero-order chi connectivity index (χ0) is 21.3. The molecule has 5 nitrogen and oxygen atoms in total. The Morgan fingerprint density at radius 3 is 2.37 bits per heavy atom. The Morgan fingerprint density at radius 2 is 1.73 bits per heavy atom. The van der Waals surface area contributed by atoms with E-state index in [-0.39, 0.29) is 12.0 Å². The lowest BCUT2D eigenvalue weighted by molar-refractivity contribution is 0.0202. The fourth-order valence-electron chi connectivity index (χ4n) is 3.63. The van der Waals surface area contributed by atoms with Gasteiger partial charge in [0.25, 0.3) is 0 Å². The lowest BCUT2D eigenvalue weighted by Gasteiger charge is -2.31. The fraction of sp³-hybridized carbons (Fsp3) is 0.440. The predicted molar refractivity (Wildman–Crippen MR) is 121 cm³/mol. The summed E-state index contributed by atoms with van der Waals surface area (Å²) in [5.41, 5.74) is 1.97. The van der Waals surface area contributed by atoms with Crippen molar-refractivity contribution in [2.75, 3.05) is 13.1 Å². The standard InChI is InChI=1S/C25H33N3O2/c1-4-7-16-27(17-8-5-2)24(6-3)30-21-14-12-20(13-15-21)25(29)22-19-26-23-11-9-10-18-28(22)23/h9-15,18-19,24H,4-8,16-17H2,1-3H3. The molecular formula is C25H33N3O2. The van der Waals surface area contributed by atoms with E-state index in [9.17, 15) is 4.79 Å². The van der Waals surface area contributed by atoms with Gasteiger partial charge in [0.15, 0.2) is 6.23 Å². The van der Waals surface area contributed by atoms with E-state index in [0.717, 1.165) is 30.9 Å². The molecule has 0 bridgehead atoms. The van der Waals surface area contributed by atoms with Crippen molar-refractivity contribution >= 4 is 11.4 Å². The van der Waals surface area contributed by atoms with Gasteiger partial charge in [-0.05, 0) is 55.7 Å². The van der Waals surface area contributed by atoms with Gasteiger partial charge in [-0.1, -0.05) is 39.7 Å². The number of ether oxygens (including phenoxy) is 1. The Bertz CT molecular complexity index is 925. The van der Waals surface area contributed by atoms with E-state index in [1.165, 1.54) is 25.7 Å². The molecule has 0 aliphatic rings. The molecule has 30 heavy (non-hydrogen) atoms. The summed E-state index contributed by atoms with van der Waals surface area (Å²) in [6, 6.07) is 13.2. The number of carbonyl (C=O) groups excluding carboxylic acids is 1. The Labute approximate surface area is 179 Å². The van der Waals surface area contributed by atoms with E-state index < -0.39 is 0 Å². The quantitative estimate of drug-likeness (QED) is 0.290. The summed E-state index contributed by atoms with van der Waals surface area (Å²) < 4.78 is 8.13. The first-order chi connectivity index (χ1) is 14.7. The molecule has 0 saturated heterocycles. The number of hydrogen-bond donors (Lipinski definition) is 0. The van der Waals surface area contributed by atoms with Crippen molar-refractivity contribution in [3.63, 3.8) is 0 Å². The molecule has 0 saturated carbocycles. The summed E-state index contributed by atoms with van der Waals surface area (Å²) in [5, 5.41) is 0. The Morgan fingerprint density at radius 1 is 1.03 bits per heavy atom. The number of hydrogen-bond acceptors (Lipinski definition) is 4. The molecule has 3 aromatic rings. The molecule has 1 aromatic carbocycles. The van der Waals surface area contributed by atoms with Crippen molar-refractivity contribution in [3.05, 3.63) is 66.1 Å². The summed E-state index contributed by atoms with van der Waals surface area (Å²) in [6.07, 6.45) is 9.19. The maximum absolute atomic E-state index is 12.9. The Hall–Kier alpha value is -2.66. The summed E-state index contributed by atoms with van der Waals surface area (Å²) in [4.78, 5) is 19.7. The van der Waals surface area contributed by atoms with Crippen molar-refractivity contribution in [2.45, 2.75) is 59.1 Å². The maximum atomic E-state index is 12.9. The normalized spacial score (nSPS) is 12.4. The van der Waals surface area contributed by atoms with Crippen molar-refractivity contribution in [2.24, 2.45) is 0 Å². The number of pyridine rings is 1. The van der Waals surface area contributed by atoms with Gasteiger partial charge in [0.1, 0.15) is 17.1 Å². The first-order valence-electron chi connectivity index (χ1n) is 11.2. The van der Waals surface area contributed by atoms with E-state index in [2.05, 4.69) is 30.7 Å². The zero-order valence-corrected chi connectivity index (χ0v) is 18.4. The minimum absolute atomic E-state index is 0.0418. The molecular weight excluding hydrogens is 374 g/mol. The first kappa shape index (κ1) is 22.0. The summed E-state index contributed by atoms with van der Waals surface area (Å²) in [7, 11) is 0. The number of fused-ring (bicyclic) bond motifs is 1. The van der Waals surface area contributed by atoms with Gasteiger partial charge in [-0.25, -0.2) is 4.98 Å². The number of aromatic nitrogens is 2. The monoisotopic (exact) mass is 407 g/mol. The number of imidazole rings is 1. The third-order valence-electron chi connectivity index (χ3n) is 5.39. The third-order valence-corrected chi connectivity index (χ3v) is 5.39. The topological polar surface area (TPSA) is 46.8 Å². The molecule has 3 rings (SSSR count). The van der Waals surface area contributed by atoms with Crippen molar-refractivity contribution in [1.29, 1.82) is 0 Å². The van der Waals surface area contributed by atoms with Crippen molar-refractivity contribution < 1.29 is 9.53 Å². The van der Waals surface area contributed by atoms with Crippen LogP contribution in [0, 0.1) is 0 Å². The minimum Gasteiger partial charge on any atom is -0.475 e.